The van der Waals surface area contributed by atoms with Gasteiger partial charge in [0.1, 0.15) is 0 Å². The molecule has 0 spiro atoms. The Labute approximate surface area is 152 Å². The molecular formula is C20H43BO3. The minimum atomic E-state index is -0.457. The summed E-state index contributed by atoms with van der Waals surface area (Å²) >= 11 is 0. The highest BCUT2D eigenvalue weighted by atomic mass is 16.7. The van der Waals surface area contributed by atoms with E-state index < -0.39 is 7.32 Å². The molecule has 0 unspecified atom stereocenters. The van der Waals surface area contributed by atoms with Crippen LogP contribution >= 0.6 is 0 Å². The van der Waals surface area contributed by atoms with Crippen LogP contribution < -0.4 is 0 Å². The van der Waals surface area contributed by atoms with Gasteiger partial charge in [-0.2, -0.15) is 0 Å². The van der Waals surface area contributed by atoms with Crippen LogP contribution in [-0.2, 0) is 14.0 Å². The molecule has 0 aromatic rings. The van der Waals surface area contributed by atoms with Gasteiger partial charge in [-0.3, -0.25) is 0 Å². The monoisotopic (exact) mass is 342 g/mol. The molecule has 0 saturated carbocycles. The van der Waals surface area contributed by atoms with Gasteiger partial charge in [0, 0.05) is 19.8 Å². The third-order valence-corrected chi connectivity index (χ3v) is 4.26. The van der Waals surface area contributed by atoms with Crippen molar-refractivity contribution in [1.29, 1.82) is 0 Å². The summed E-state index contributed by atoms with van der Waals surface area (Å²) in [7, 11) is -0.457. The molecule has 0 aliphatic heterocycles. The highest BCUT2D eigenvalue weighted by Gasteiger charge is 2.20. The van der Waals surface area contributed by atoms with E-state index in [0.717, 1.165) is 51.9 Å². The van der Waals surface area contributed by atoms with E-state index in [9.17, 15) is 0 Å². The summed E-state index contributed by atoms with van der Waals surface area (Å²) in [6.07, 6.45) is 17.9. The molecule has 144 valence electrons. The summed E-state index contributed by atoms with van der Waals surface area (Å²) in [6.45, 7) is 8.81. The Kier molecular flexibility index (Phi) is 20.9. The summed E-state index contributed by atoms with van der Waals surface area (Å²) in [5.74, 6) is 0. The van der Waals surface area contributed by atoms with Gasteiger partial charge in [-0.15, -0.1) is 0 Å². The van der Waals surface area contributed by atoms with Crippen molar-refractivity contribution >= 4 is 7.32 Å². The molecule has 0 bridgehead atoms. The van der Waals surface area contributed by atoms with E-state index in [1.165, 1.54) is 57.8 Å². The van der Waals surface area contributed by atoms with E-state index in [1.807, 2.05) is 0 Å². The SMILES string of the molecule is CCCCCCCCCCCCOB(OCCCC)OCCCC. The van der Waals surface area contributed by atoms with Crippen LogP contribution in [0.4, 0.5) is 0 Å². The molecule has 0 atom stereocenters. The van der Waals surface area contributed by atoms with E-state index >= 15 is 0 Å². The maximum absolute atomic E-state index is 5.76. The van der Waals surface area contributed by atoms with Gasteiger partial charge in [0.2, 0.25) is 0 Å². The molecule has 0 fully saturated rings. The number of unbranched alkanes of at least 4 members (excludes halogenated alkanes) is 11. The van der Waals surface area contributed by atoms with Gasteiger partial charge >= 0.3 is 7.32 Å². The van der Waals surface area contributed by atoms with E-state index in [0.29, 0.717) is 0 Å². The van der Waals surface area contributed by atoms with E-state index in [2.05, 4.69) is 20.8 Å². The summed E-state index contributed by atoms with van der Waals surface area (Å²) in [6, 6.07) is 0. The molecule has 0 saturated heterocycles. The molecule has 24 heavy (non-hydrogen) atoms. The topological polar surface area (TPSA) is 27.7 Å². The zero-order chi connectivity index (χ0) is 17.7. The van der Waals surface area contributed by atoms with Crippen molar-refractivity contribution in [2.24, 2.45) is 0 Å². The number of hydrogen-bond acceptors (Lipinski definition) is 3. The van der Waals surface area contributed by atoms with Gasteiger partial charge in [0.05, 0.1) is 0 Å². The van der Waals surface area contributed by atoms with Crippen molar-refractivity contribution in [2.45, 2.75) is 111 Å². The summed E-state index contributed by atoms with van der Waals surface area (Å²) in [4.78, 5) is 0. The largest absolute Gasteiger partial charge is 0.639 e. The predicted molar refractivity (Wildman–Crippen MR) is 105 cm³/mol. The number of hydrogen-bond donors (Lipinski definition) is 0. The molecule has 0 aliphatic carbocycles. The first-order chi connectivity index (χ1) is 11.8. The van der Waals surface area contributed by atoms with Crippen LogP contribution in [0.3, 0.4) is 0 Å². The average molecular weight is 342 g/mol. The lowest BCUT2D eigenvalue weighted by Crippen LogP contribution is -2.28. The first kappa shape index (κ1) is 23.9. The van der Waals surface area contributed by atoms with E-state index in [4.69, 9.17) is 14.0 Å². The fourth-order valence-electron chi connectivity index (χ4n) is 2.56. The molecule has 0 aromatic carbocycles. The lowest BCUT2D eigenvalue weighted by Gasteiger charge is -2.14. The molecule has 0 rings (SSSR count). The van der Waals surface area contributed by atoms with Crippen LogP contribution in [0.1, 0.15) is 111 Å². The van der Waals surface area contributed by atoms with Gasteiger partial charge in [-0.05, 0) is 19.3 Å². The summed E-state index contributed by atoms with van der Waals surface area (Å²) < 4.78 is 17.1. The van der Waals surface area contributed by atoms with Crippen molar-refractivity contribution < 1.29 is 14.0 Å². The van der Waals surface area contributed by atoms with Gasteiger partial charge in [0.15, 0.2) is 0 Å². The molecule has 0 amide bonds. The first-order valence-electron chi connectivity index (χ1n) is 10.7. The summed E-state index contributed by atoms with van der Waals surface area (Å²) in [5, 5.41) is 0. The van der Waals surface area contributed by atoms with Crippen molar-refractivity contribution in [2.75, 3.05) is 19.8 Å². The maximum Gasteiger partial charge on any atom is 0.639 e. The van der Waals surface area contributed by atoms with Crippen LogP contribution in [-0.4, -0.2) is 27.1 Å². The van der Waals surface area contributed by atoms with Gasteiger partial charge in [-0.1, -0.05) is 91.4 Å². The molecule has 0 radical (unpaired) electrons. The third-order valence-electron chi connectivity index (χ3n) is 4.26. The van der Waals surface area contributed by atoms with Crippen LogP contribution in [0.15, 0.2) is 0 Å². The Hall–Kier alpha value is -0.0551. The highest BCUT2D eigenvalue weighted by molar-refractivity contribution is 6.36. The smallest absolute Gasteiger partial charge is 0.386 e. The van der Waals surface area contributed by atoms with Gasteiger partial charge < -0.3 is 14.0 Å². The fourth-order valence-corrected chi connectivity index (χ4v) is 2.56. The van der Waals surface area contributed by atoms with Crippen molar-refractivity contribution in [3.05, 3.63) is 0 Å². The molecule has 3 nitrogen and oxygen atoms in total. The second kappa shape index (κ2) is 21.0. The third kappa shape index (κ3) is 18.3. The first-order valence-corrected chi connectivity index (χ1v) is 10.7. The number of rotatable bonds is 20. The van der Waals surface area contributed by atoms with Crippen LogP contribution in [0.5, 0.6) is 0 Å². The molecule has 0 heterocycles. The Morgan fingerprint density at radius 1 is 0.417 bits per heavy atom. The molecule has 4 heteroatoms. The van der Waals surface area contributed by atoms with E-state index in [1.54, 1.807) is 0 Å². The zero-order valence-electron chi connectivity index (χ0n) is 16.8. The highest BCUT2D eigenvalue weighted by Crippen LogP contribution is 2.10. The minimum absolute atomic E-state index is 0.457. The standard InChI is InChI=1S/C20H43BO3/c1-4-7-10-11-12-13-14-15-16-17-20-24-21(22-18-8-5-2)23-19-9-6-3/h4-20H2,1-3H3. The van der Waals surface area contributed by atoms with Crippen molar-refractivity contribution in [1.82, 2.24) is 0 Å². The van der Waals surface area contributed by atoms with Crippen LogP contribution in [0, 0.1) is 0 Å². The van der Waals surface area contributed by atoms with Crippen LogP contribution in [0.2, 0.25) is 0 Å². The summed E-state index contributed by atoms with van der Waals surface area (Å²) in [5.41, 5.74) is 0. The Balaban J connectivity index is 3.46. The second-order valence-corrected chi connectivity index (χ2v) is 6.79. The molecule has 0 N–H and O–H groups in total. The predicted octanol–water partition coefficient (Wildman–Crippen LogP) is 6.54. The average Bonchev–Trinajstić information content (AvgIpc) is 2.59. The van der Waals surface area contributed by atoms with Crippen molar-refractivity contribution in [3.8, 4) is 0 Å². The lowest BCUT2D eigenvalue weighted by atomic mass is 10.1. The molecule has 0 aliphatic rings. The normalized spacial score (nSPS) is 11.1. The lowest BCUT2D eigenvalue weighted by molar-refractivity contribution is 0.0894. The Morgan fingerprint density at radius 3 is 1.17 bits per heavy atom. The Morgan fingerprint density at radius 2 is 0.750 bits per heavy atom. The van der Waals surface area contributed by atoms with Crippen molar-refractivity contribution in [3.63, 3.8) is 0 Å². The maximum atomic E-state index is 5.76. The molecular weight excluding hydrogens is 299 g/mol. The van der Waals surface area contributed by atoms with Gasteiger partial charge in [-0.25, -0.2) is 0 Å². The Bertz CT molecular complexity index is 217. The van der Waals surface area contributed by atoms with Crippen LogP contribution in [0.25, 0.3) is 0 Å². The van der Waals surface area contributed by atoms with Gasteiger partial charge in [0.25, 0.3) is 0 Å². The zero-order valence-corrected chi connectivity index (χ0v) is 16.8. The quantitative estimate of drug-likeness (QED) is 0.186. The molecule has 0 aromatic heterocycles. The van der Waals surface area contributed by atoms with E-state index in [-0.39, 0.29) is 0 Å². The fraction of sp³-hybridized carbons (Fsp3) is 1.00. The minimum Gasteiger partial charge on any atom is -0.386 e. The second-order valence-electron chi connectivity index (χ2n) is 6.79.